The highest BCUT2D eigenvalue weighted by molar-refractivity contribution is 5.37. The Labute approximate surface area is 75.6 Å². The van der Waals surface area contributed by atoms with Crippen molar-refractivity contribution in [2.24, 2.45) is 0 Å². The van der Waals surface area contributed by atoms with E-state index in [2.05, 4.69) is 15.3 Å². The molecular weight excluding hydrogens is 164 g/mol. The van der Waals surface area contributed by atoms with Crippen molar-refractivity contribution in [1.82, 2.24) is 19.8 Å². The Balaban J connectivity index is 2.29. The molecule has 1 aliphatic rings. The number of nitrogens with zero attached hydrogens (tertiary/aromatic N) is 4. The van der Waals surface area contributed by atoms with Gasteiger partial charge < -0.3 is 0 Å². The Bertz CT molecular complexity index is 456. The molecule has 0 N–H and O–H groups in total. The zero-order chi connectivity index (χ0) is 8.84. The molecule has 13 heavy (non-hydrogen) atoms. The van der Waals surface area contributed by atoms with E-state index in [4.69, 9.17) is 0 Å². The second kappa shape index (κ2) is 2.28. The number of fused-ring (bicyclic) bond motifs is 1. The fourth-order valence-corrected chi connectivity index (χ4v) is 1.49. The molecule has 0 spiro atoms. The number of hydrogen-bond donors (Lipinski definition) is 0. The predicted octanol–water partition coefficient (Wildman–Crippen LogP) is 1.31. The van der Waals surface area contributed by atoms with Crippen LogP contribution < -0.4 is 0 Å². The van der Waals surface area contributed by atoms with Crippen LogP contribution in [0.4, 0.5) is 0 Å². The first-order valence-corrected chi connectivity index (χ1v) is 4.53. The van der Waals surface area contributed by atoms with Gasteiger partial charge >= 0.3 is 0 Å². The van der Waals surface area contributed by atoms with Gasteiger partial charge in [-0.3, -0.25) is 0 Å². The van der Waals surface area contributed by atoms with Gasteiger partial charge in [-0.2, -0.15) is 9.61 Å². The first-order valence-electron chi connectivity index (χ1n) is 4.53. The topological polar surface area (TPSA) is 43.1 Å². The molecule has 2 aromatic rings. The zero-order valence-corrected chi connectivity index (χ0v) is 7.44. The number of hydrogen-bond acceptors (Lipinski definition) is 3. The van der Waals surface area contributed by atoms with E-state index in [1.807, 2.05) is 23.6 Å². The molecule has 0 radical (unpaired) electrons. The number of aromatic nitrogens is 4. The molecule has 0 saturated heterocycles. The van der Waals surface area contributed by atoms with Crippen molar-refractivity contribution in [3.05, 3.63) is 23.7 Å². The molecule has 0 amide bonds. The van der Waals surface area contributed by atoms with Crippen LogP contribution in [0.2, 0.25) is 0 Å². The molecule has 0 aliphatic heterocycles. The maximum absolute atomic E-state index is 4.39. The minimum Gasteiger partial charge on any atom is -0.197 e. The summed E-state index contributed by atoms with van der Waals surface area (Å²) >= 11 is 0. The largest absolute Gasteiger partial charge is 0.197 e. The highest BCUT2D eigenvalue weighted by Crippen LogP contribution is 2.38. The molecule has 0 aromatic carbocycles. The monoisotopic (exact) mass is 174 g/mol. The molecule has 4 nitrogen and oxygen atoms in total. The number of aryl methyl sites for hydroxylation is 1. The molecule has 4 heteroatoms. The third-order valence-electron chi connectivity index (χ3n) is 2.36. The van der Waals surface area contributed by atoms with Crippen LogP contribution >= 0.6 is 0 Å². The maximum Gasteiger partial charge on any atom is 0.177 e. The summed E-state index contributed by atoms with van der Waals surface area (Å²) in [6.45, 7) is 1.98. The van der Waals surface area contributed by atoms with Gasteiger partial charge in [0.2, 0.25) is 0 Å². The summed E-state index contributed by atoms with van der Waals surface area (Å²) in [6.07, 6.45) is 2.47. The van der Waals surface area contributed by atoms with E-state index >= 15 is 0 Å². The third kappa shape index (κ3) is 1.02. The van der Waals surface area contributed by atoms with E-state index < -0.39 is 0 Å². The fourth-order valence-electron chi connectivity index (χ4n) is 1.49. The van der Waals surface area contributed by atoms with Crippen LogP contribution in [0.1, 0.15) is 30.3 Å². The Morgan fingerprint density at radius 2 is 2.15 bits per heavy atom. The van der Waals surface area contributed by atoms with Gasteiger partial charge in [0, 0.05) is 5.92 Å². The van der Waals surface area contributed by atoms with Crippen LogP contribution in [0.15, 0.2) is 12.1 Å². The van der Waals surface area contributed by atoms with Gasteiger partial charge in [-0.05, 0) is 31.9 Å². The van der Waals surface area contributed by atoms with Crippen molar-refractivity contribution >= 4 is 5.65 Å². The summed E-state index contributed by atoms with van der Waals surface area (Å²) in [5.74, 6) is 1.63. The average molecular weight is 174 g/mol. The van der Waals surface area contributed by atoms with E-state index in [0.29, 0.717) is 5.92 Å². The first-order chi connectivity index (χ1) is 6.34. The van der Waals surface area contributed by atoms with E-state index in [9.17, 15) is 0 Å². The minimum absolute atomic E-state index is 0.601. The standard InChI is InChI=1S/C9H10N4/c1-6-2-5-8-10-11-9(7-3-4-7)13(8)12-6/h2,5,7H,3-4H2,1H3. The normalized spacial score (nSPS) is 16.7. The van der Waals surface area contributed by atoms with Crippen molar-refractivity contribution in [1.29, 1.82) is 0 Å². The maximum atomic E-state index is 4.39. The van der Waals surface area contributed by atoms with Crippen LogP contribution in [0.25, 0.3) is 5.65 Å². The molecule has 1 fully saturated rings. The van der Waals surface area contributed by atoms with E-state index in [-0.39, 0.29) is 0 Å². The fraction of sp³-hybridized carbons (Fsp3) is 0.444. The third-order valence-corrected chi connectivity index (χ3v) is 2.36. The van der Waals surface area contributed by atoms with Crippen LogP contribution in [0.3, 0.4) is 0 Å². The zero-order valence-electron chi connectivity index (χ0n) is 7.44. The number of rotatable bonds is 1. The molecule has 0 atom stereocenters. The van der Waals surface area contributed by atoms with E-state index in [0.717, 1.165) is 17.2 Å². The molecule has 2 aromatic heterocycles. The summed E-state index contributed by atoms with van der Waals surface area (Å²) in [5.41, 5.74) is 1.86. The van der Waals surface area contributed by atoms with Gasteiger partial charge in [0.25, 0.3) is 0 Å². The average Bonchev–Trinajstić information content (AvgIpc) is 2.87. The summed E-state index contributed by atoms with van der Waals surface area (Å²) in [7, 11) is 0. The highest BCUT2D eigenvalue weighted by atomic mass is 15.4. The van der Waals surface area contributed by atoms with Crippen molar-refractivity contribution in [2.45, 2.75) is 25.7 Å². The van der Waals surface area contributed by atoms with Crippen LogP contribution in [-0.4, -0.2) is 19.8 Å². The van der Waals surface area contributed by atoms with Crippen molar-refractivity contribution in [3.8, 4) is 0 Å². The van der Waals surface area contributed by atoms with Gasteiger partial charge in [0.15, 0.2) is 11.5 Å². The quantitative estimate of drug-likeness (QED) is 0.654. The molecule has 3 rings (SSSR count). The van der Waals surface area contributed by atoms with Crippen LogP contribution in [0.5, 0.6) is 0 Å². The van der Waals surface area contributed by atoms with Crippen molar-refractivity contribution in [2.75, 3.05) is 0 Å². The van der Waals surface area contributed by atoms with Gasteiger partial charge in [0.1, 0.15) is 0 Å². The van der Waals surface area contributed by atoms with E-state index in [1.165, 1.54) is 12.8 Å². The summed E-state index contributed by atoms with van der Waals surface area (Å²) < 4.78 is 1.87. The lowest BCUT2D eigenvalue weighted by molar-refractivity contribution is 0.800. The highest BCUT2D eigenvalue weighted by Gasteiger charge is 2.29. The lowest BCUT2D eigenvalue weighted by atomic mass is 10.4. The van der Waals surface area contributed by atoms with Crippen molar-refractivity contribution < 1.29 is 0 Å². The van der Waals surface area contributed by atoms with Crippen LogP contribution in [0, 0.1) is 6.92 Å². The molecule has 1 aliphatic carbocycles. The Kier molecular flexibility index (Phi) is 1.23. The molecule has 0 unspecified atom stereocenters. The SMILES string of the molecule is Cc1ccc2nnc(C3CC3)n2n1. The molecule has 66 valence electrons. The Morgan fingerprint density at radius 1 is 1.31 bits per heavy atom. The van der Waals surface area contributed by atoms with Gasteiger partial charge in [-0.1, -0.05) is 0 Å². The molecule has 0 bridgehead atoms. The lowest BCUT2D eigenvalue weighted by Crippen LogP contribution is -1.98. The molecular formula is C9H10N4. The Hall–Kier alpha value is -1.45. The Morgan fingerprint density at radius 3 is 2.92 bits per heavy atom. The summed E-state index contributed by atoms with van der Waals surface area (Å²) in [6, 6.07) is 3.92. The first kappa shape index (κ1) is 7.00. The van der Waals surface area contributed by atoms with Gasteiger partial charge in [-0.15, -0.1) is 10.2 Å². The summed E-state index contributed by atoms with van der Waals surface area (Å²) in [4.78, 5) is 0. The lowest BCUT2D eigenvalue weighted by Gasteiger charge is -1.96. The van der Waals surface area contributed by atoms with Gasteiger partial charge in [-0.25, -0.2) is 0 Å². The second-order valence-electron chi connectivity index (χ2n) is 3.58. The second-order valence-corrected chi connectivity index (χ2v) is 3.58. The minimum atomic E-state index is 0.601. The predicted molar refractivity (Wildman–Crippen MR) is 47.5 cm³/mol. The summed E-state index contributed by atoms with van der Waals surface area (Å²) in [5, 5.41) is 12.6. The van der Waals surface area contributed by atoms with E-state index in [1.54, 1.807) is 0 Å². The van der Waals surface area contributed by atoms with Gasteiger partial charge in [0.05, 0.1) is 5.69 Å². The molecule has 2 heterocycles. The smallest absolute Gasteiger partial charge is 0.177 e. The molecule has 1 saturated carbocycles. The van der Waals surface area contributed by atoms with Crippen molar-refractivity contribution in [3.63, 3.8) is 0 Å². The van der Waals surface area contributed by atoms with Crippen LogP contribution in [-0.2, 0) is 0 Å².